The first-order valence-corrected chi connectivity index (χ1v) is 7.24. The number of nitrogens with zero attached hydrogens (tertiary/aromatic N) is 4. The van der Waals surface area contributed by atoms with Gasteiger partial charge in [0.15, 0.2) is 22.4 Å². The molecule has 0 aliphatic rings. The predicted molar refractivity (Wildman–Crippen MR) is 82.8 cm³/mol. The fourth-order valence-electron chi connectivity index (χ4n) is 1.12. The van der Waals surface area contributed by atoms with Crippen LogP contribution in [0.25, 0.3) is 0 Å². The van der Waals surface area contributed by atoms with Gasteiger partial charge in [-0.1, -0.05) is 58.0 Å². The average Bonchev–Trinajstić information content (AvgIpc) is 2.58. The van der Waals surface area contributed by atoms with E-state index in [-0.39, 0.29) is 25.9 Å². The van der Waals surface area contributed by atoms with E-state index in [0.29, 0.717) is 0 Å². The van der Waals surface area contributed by atoms with Gasteiger partial charge in [0.25, 0.3) is 5.95 Å². The van der Waals surface area contributed by atoms with Crippen molar-refractivity contribution >= 4 is 58.0 Å². The highest BCUT2D eigenvalue weighted by Crippen LogP contribution is 2.35. The average molecular weight is 434 g/mol. The van der Waals surface area contributed by atoms with Crippen LogP contribution in [-0.4, -0.2) is 9.97 Å². The highest BCUT2D eigenvalue weighted by atomic mass is 35.5. The van der Waals surface area contributed by atoms with E-state index in [0.717, 1.165) is 0 Å². The first-order valence-electron chi connectivity index (χ1n) is 5.35. The summed E-state index contributed by atoms with van der Waals surface area (Å²) in [7, 11) is 0. The van der Waals surface area contributed by atoms with Gasteiger partial charge in [0.2, 0.25) is 5.82 Å². The maximum Gasteiger partial charge on any atom is 0.253 e. The maximum absolute atomic E-state index is 12.5. The van der Waals surface area contributed by atoms with E-state index in [9.17, 15) is 13.2 Å². The molecule has 0 N–H and O–H groups in total. The Morgan fingerprint density at radius 3 is 1.67 bits per heavy atom. The third kappa shape index (κ3) is 4.32. The molecule has 12 heteroatoms. The molecule has 124 valence electrons. The van der Waals surface area contributed by atoms with Crippen LogP contribution >= 0.6 is 58.0 Å². The highest BCUT2D eigenvalue weighted by molar-refractivity contribution is 6.51. The van der Waals surface area contributed by atoms with Gasteiger partial charge in [-0.2, -0.15) is 19.3 Å². The van der Waals surface area contributed by atoms with Gasteiger partial charge in [-0.05, 0) is 0 Å². The van der Waals surface area contributed by atoms with Crippen LogP contribution in [0, 0.1) is 40.2 Å². The van der Waals surface area contributed by atoms with E-state index >= 15 is 0 Å². The zero-order chi connectivity index (χ0) is 18.6. The van der Waals surface area contributed by atoms with Gasteiger partial charge in [-0.25, -0.2) is 14.4 Å². The molecule has 2 rings (SSSR count). The minimum Gasteiger partial charge on any atom is -0.222 e. The number of hydrogen-bond donors (Lipinski definition) is 0. The molecular formula is C12Cl5F3N4. The minimum atomic E-state index is -1.78. The topological polar surface area (TPSA) is 73.4 Å². The number of hydrogen-bond acceptors (Lipinski definition) is 4. The predicted octanol–water partition coefficient (Wildman–Crippen LogP) is 5.59. The normalized spacial score (nSPS) is 9.58. The third-order valence-corrected chi connectivity index (χ3v) is 4.20. The third-order valence-electron chi connectivity index (χ3n) is 2.18. The molecule has 0 spiro atoms. The molecule has 0 radical (unpaired) electrons. The van der Waals surface area contributed by atoms with Crippen LogP contribution < -0.4 is 0 Å². The number of rotatable bonds is 0. The summed E-state index contributed by atoms with van der Waals surface area (Å²) in [6.07, 6.45) is 0. The van der Waals surface area contributed by atoms with Gasteiger partial charge in [-0.15, -0.1) is 0 Å². The van der Waals surface area contributed by atoms with Gasteiger partial charge in [0.1, 0.15) is 17.2 Å². The summed E-state index contributed by atoms with van der Waals surface area (Å²) in [6, 6.07) is 3.05. The first kappa shape index (κ1) is 20.6. The van der Waals surface area contributed by atoms with Crippen molar-refractivity contribution in [3.63, 3.8) is 0 Å². The summed E-state index contributed by atoms with van der Waals surface area (Å²) in [5.41, 5.74) is -0.705. The second kappa shape index (κ2) is 8.57. The van der Waals surface area contributed by atoms with Crippen molar-refractivity contribution in [1.82, 2.24) is 9.97 Å². The molecule has 2 aromatic heterocycles. The lowest BCUT2D eigenvalue weighted by atomic mass is 10.3. The molecule has 2 heterocycles. The molecule has 0 saturated carbocycles. The Bertz CT molecular complexity index is 819. The zero-order valence-corrected chi connectivity index (χ0v) is 14.6. The van der Waals surface area contributed by atoms with E-state index in [1.54, 1.807) is 6.07 Å². The van der Waals surface area contributed by atoms with Gasteiger partial charge >= 0.3 is 0 Å². The molecule has 4 nitrogen and oxygen atoms in total. The van der Waals surface area contributed by atoms with Crippen molar-refractivity contribution in [1.29, 1.82) is 10.5 Å². The monoisotopic (exact) mass is 432 g/mol. The SMILES string of the molecule is N#Cc1nc(Cl)c(Cl)c(Cl)c1Cl.N#Cc1nc(F)c(F)c(F)c1Cl. The van der Waals surface area contributed by atoms with E-state index in [4.69, 9.17) is 68.5 Å². The molecule has 0 fully saturated rings. The molecule has 24 heavy (non-hydrogen) atoms. The largest absolute Gasteiger partial charge is 0.253 e. The van der Waals surface area contributed by atoms with Gasteiger partial charge in [0.05, 0.1) is 15.1 Å². The smallest absolute Gasteiger partial charge is 0.222 e. The molecule has 0 aliphatic carbocycles. The fourth-order valence-corrected chi connectivity index (χ4v) is 2.06. The van der Waals surface area contributed by atoms with E-state index in [1.807, 2.05) is 0 Å². The molecule has 0 aliphatic heterocycles. The molecule has 0 bridgehead atoms. The summed E-state index contributed by atoms with van der Waals surface area (Å²) >= 11 is 27.5. The van der Waals surface area contributed by atoms with Crippen molar-refractivity contribution in [2.45, 2.75) is 0 Å². The summed E-state index contributed by atoms with van der Waals surface area (Å²) in [5, 5.41) is 16.0. The lowest BCUT2D eigenvalue weighted by molar-refractivity contribution is 0.426. The van der Waals surface area contributed by atoms with E-state index < -0.39 is 28.3 Å². The minimum absolute atomic E-state index is 0.0218. The summed E-state index contributed by atoms with van der Waals surface area (Å²) in [4.78, 5) is 6.38. The van der Waals surface area contributed by atoms with Crippen molar-refractivity contribution < 1.29 is 13.2 Å². The van der Waals surface area contributed by atoms with Crippen molar-refractivity contribution in [2.24, 2.45) is 0 Å². The van der Waals surface area contributed by atoms with Gasteiger partial charge in [0, 0.05) is 0 Å². The summed E-state index contributed by atoms with van der Waals surface area (Å²) in [5.74, 6) is -5.05. The van der Waals surface area contributed by atoms with Crippen LogP contribution in [0.15, 0.2) is 0 Å². The Morgan fingerprint density at radius 1 is 0.667 bits per heavy atom. The highest BCUT2D eigenvalue weighted by Gasteiger charge is 2.18. The second-order valence-electron chi connectivity index (χ2n) is 3.61. The number of nitriles is 2. The van der Waals surface area contributed by atoms with Gasteiger partial charge < -0.3 is 0 Å². The van der Waals surface area contributed by atoms with Crippen LogP contribution in [0.4, 0.5) is 13.2 Å². The van der Waals surface area contributed by atoms with Crippen LogP contribution in [0.1, 0.15) is 11.4 Å². The molecule has 0 aromatic carbocycles. The molecule has 0 saturated heterocycles. The maximum atomic E-state index is 12.5. The summed E-state index contributed by atoms with van der Waals surface area (Å²) in [6.45, 7) is 0. The Kier molecular flexibility index (Phi) is 7.34. The van der Waals surface area contributed by atoms with Crippen LogP contribution in [-0.2, 0) is 0 Å². The second-order valence-corrected chi connectivity index (χ2v) is 5.48. The molecule has 2 aromatic rings. The van der Waals surface area contributed by atoms with E-state index in [2.05, 4.69) is 9.97 Å². The Labute approximate surface area is 157 Å². The molecule has 0 atom stereocenters. The number of aromatic nitrogens is 2. The number of pyridine rings is 2. The first-order chi connectivity index (χ1) is 11.1. The number of halogens is 8. The lowest BCUT2D eigenvalue weighted by Gasteiger charge is -2.01. The Balaban J connectivity index is 0.000000240. The van der Waals surface area contributed by atoms with Crippen LogP contribution in [0.3, 0.4) is 0 Å². The fraction of sp³-hybridized carbons (Fsp3) is 0. The van der Waals surface area contributed by atoms with Crippen LogP contribution in [0.5, 0.6) is 0 Å². The van der Waals surface area contributed by atoms with Gasteiger partial charge in [-0.3, -0.25) is 0 Å². The van der Waals surface area contributed by atoms with Crippen LogP contribution in [0.2, 0.25) is 25.2 Å². The Hall–Kier alpha value is -1.48. The molecule has 0 unspecified atom stereocenters. The quantitative estimate of drug-likeness (QED) is 0.507. The standard InChI is InChI=1S/C6Cl4N2.C6ClF3N2/c2*7-3-2(1-11)12-6(10)5(9)4(3)8. The lowest BCUT2D eigenvalue weighted by Crippen LogP contribution is -1.99. The summed E-state index contributed by atoms with van der Waals surface area (Å²) < 4.78 is 37.1. The van der Waals surface area contributed by atoms with Crippen molar-refractivity contribution in [3.8, 4) is 12.1 Å². The Morgan fingerprint density at radius 2 is 1.17 bits per heavy atom. The van der Waals surface area contributed by atoms with Crippen molar-refractivity contribution in [2.75, 3.05) is 0 Å². The molecular weight excluding hydrogens is 434 g/mol. The van der Waals surface area contributed by atoms with Crippen molar-refractivity contribution in [3.05, 3.63) is 54.2 Å². The molecule has 0 amide bonds. The van der Waals surface area contributed by atoms with E-state index in [1.165, 1.54) is 6.07 Å². The zero-order valence-electron chi connectivity index (χ0n) is 10.8.